The molecular weight excluding hydrogens is 360 g/mol. The lowest BCUT2D eigenvalue weighted by atomic mass is 10.2. The highest BCUT2D eigenvalue weighted by Gasteiger charge is 2.08. The molecule has 0 saturated heterocycles. The van der Waals surface area contributed by atoms with Crippen LogP contribution in [0.3, 0.4) is 0 Å². The quantitative estimate of drug-likeness (QED) is 0.495. The average molecular weight is 384 g/mol. The van der Waals surface area contributed by atoms with E-state index in [0.717, 1.165) is 0 Å². The summed E-state index contributed by atoms with van der Waals surface area (Å²) in [6.07, 6.45) is 0. The molecule has 2 aromatic rings. The van der Waals surface area contributed by atoms with Gasteiger partial charge in [0, 0.05) is 43.2 Å². The zero-order valence-electron chi connectivity index (χ0n) is 15.9. The third-order valence-electron chi connectivity index (χ3n) is 3.64. The Bertz CT molecular complexity index is 838. The zero-order chi connectivity index (χ0) is 20.4. The Morgan fingerprint density at radius 3 is 2.32 bits per heavy atom. The topological polar surface area (TPSA) is 109 Å². The molecule has 0 aromatic heterocycles. The number of nitrogens with one attached hydrogen (secondary N) is 4. The molecule has 0 aliphatic carbocycles. The molecular formula is C20H24N4O4. The van der Waals surface area contributed by atoms with Gasteiger partial charge in [0.2, 0.25) is 11.8 Å². The van der Waals surface area contributed by atoms with E-state index < -0.39 is 0 Å². The van der Waals surface area contributed by atoms with Gasteiger partial charge in [-0.15, -0.1) is 0 Å². The first-order chi connectivity index (χ1) is 13.5. The van der Waals surface area contributed by atoms with E-state index in [0.29, 0.717) is 35.8 Å². The molecule has 0 spiro atoms. The highest BCUT2D eigenvalue weighted by atomic mass is 16.5. The van der Waals surface area contributed by atoms with Crippen molar-refractivity contribution in [2.75, 3.05) is 42.8 Å². The first kappa shape index (κ1) is 20.9. The van der Waals surface area contributed by atoms with Crippen molar-refractivity contribution in [1.29, 1.82) is 0 Å². The van der Waals surface area contributed by atoms with E-state index in [1.165, 1.54) is 6.92 Å². The van der Waals surface area contributed by atoms with Crippen molar-refractivity contribution in [2.45, 2.75) is 6.92 Å². The summed E-state index contributed by atoms with van der Waals surface area (Å²) < 4.78 is 4.89. The summed E-state index contributed by atoms with van der Waals surface area (Å²) in [5.41, 5.74) is 2.32. The lowest BCUT2D eigenvalue weighted by molar-refractivity contribution is -0.115. The van der Waals surface area contributed by atoms with E-state index >= 15 is 0 Å². The molecule has 3 amide bonds. The number of benzene rings is 2. The standard InChI is InChI=1S/C20H24N4O4/c1-14(25)23-18-8-4-6-16(12-18)22-13-19(26)24-17-7-3-5-15(11-17)20(27)21-9-10-28-2/h3-8,11-12,22H,9-10,13H2,1-2H3,(H,21,27)(H,23,25)(H,24,26). The molecule has 0 fully saturated rings. The smallest absolute Gasteiger partial charge is 0.251 e. The predicted octanol–water partition coefficient (Wildman–Crippen LogP) is 2.07. The third-order valence-corrected chi connectivity index (χ3v) is 3.64. The molecule has 0 saturated carbocycles. The Hall–Kier alpha value is -3.39. The fourth-order valence-corrected chi connectivity index (χ4v) is 2.40. The zero-order valence-corrected chi connectivity index (χ0v) is 15.9. The molecule has 0 atom stereocenters. The highest BCUT2D eigenvalue weighted by molar-refractivity contribution is 5.98. The Morgan fingerprint density at radius 2 is 1.61 bits per heavy atom. The molecule has 0 unspecified atom stereocenters. The van der Waals surface area contributed by atoms with Crippen molar-refractivity contribution in [2.24, 2.45) is 0 Å². The summed E-state index contributed by atoms with van der Waals surface area (Å²) in [5.74, 6) is -0.663. The Morgan fingerprint density at radius 1 is 0.929 bits per heavy atom. The van der Waals surface area contributed by atoms with Crippen LogP contribution in [0.4, 0.5) is 17.1 Å². The fourth-order valence-electron chi connectivity index (χ4n) is 2.40. The van der Waals surface area contributed by atoms with E-state index in [1.807, 2.05) is 0 Å². The number of hydrogen-bond donors (Lipinski definition) is 4. The van der Waals surface area contributed by atoms with E-state index in [4.69, 9.17) is 4.74 Å². The number of amides is 3. The molecule has 0 aliphatic heterocycles. The number of carbonyl (C=O) groups is 3. The summed E-state index contributed by atoms with van der Waals surface area (Å²) >= 11 is 0. The number of anilines is 3. The van der Waals surface area contributed by atoms with Crippen LogP contribution >= 0.6 is 0 Å². The van der Waals surface area contributed by atoms with E-state index in [9.17, 15) is 14.4 Å². The summed E-state index contributed by atoms with van der Waals surface area (Å²) in [6, 6.07) is 13.8. The van der Waals surface area contributed by atoms with Crippen LogP contribution in [0.1, 0.15) is 17.3 Å². The number of carbonyl (C=O) groups excluding carboxylic acids is 3. The van der Waals surface area contributed by atoms with Gasteiger partial charge in [-0.05, 0) is 36.4 Å². The van der Waals surface area contributed by atoms with Gasteiger partial charge >= 0.3 is 0 Å². The molecule has 4 N–H and O–H groups in total. The van der Waals surface area contributed by atoms with Crippen molar-refractivity contribution in [3.63, 3.8) is 0 Å². The maximum absolute atomic E-state index is 12.2. The van der Waals surface area contributed by atoms with E-state index in [1.54, 1.807) is 55.6 Å². The van der Waals surface area contributed by atoms with Gasteiger partial charge in [0.1, 0.15) is 0 Å². The minimum absolute atomic E-state index is 0.0355. The molecule has 2 aromatic carbocycles. The molecule has 8 heteroatoms. The highest BCUT2D eigenvalue weighted by Crippen LogP contribution is 2.15. The molecule has 28 heavy (non-hydrogen) atoms. The van der Waals surface area contributed by atoms with Crippen LogP contribution in [0, 0.1) is 0 Å². The van der Waals surface area contributed by atoms with Crippen molar-refractivity contribution in [1.82, 2.24) is 5.32 Å². The predicted molar refractivity (Wildman–Crippen MR) is 109 cm³/mol. The van der Waals surface area contributed by atoms with Gasteiger partial charge in [-0.25, -0.2) is 0 Å². The fraction of sp³-hybridized carbons (Fsp3) is 0.250. The van der Waals surface area contributed by atoms with Gasteiger partial charge in [0.05, 0.1) is 13.2 Å². The second-order valence-corrected chi connectivity index (χ2v) is 5.99. The Labute approximate surface area is 163 Å². The SMILES string of the molecule is COCCNC(=O)c1cccc(NC(=O)CNc2cccc(NC(C)=O)c2)c1. The second-order valence-electron chi connectivity index (χ2n) is 5.99. The maximum Gasteiger partial charge on any atom is 0.251 e. The Balaban J connectivity index is 1.88. The monoisotopic (exact) mass is 384 g/mol. The van der Waals surface area contributed by atoms with Crippen LogP contribution in [0.2, 0.25) is 0 Å². The van der Waals surface area contributed by atoms with Crippen molar-refractivity contribution >= 4 is 34.8 Å². The van der Waals surface area contributed by atoms with Gasteiger partial charge in [-0.3, -0.25) is 14.4 Å². The van der Waals surface area contributed by atoms with Crippen molar-refractivity contribution in [3.05, 3.63) is 54.1 Å². The van der Waals surface area contributed by atoms with Crippen LogP contribution in [0.15, 0.2) is 48.5 Å². The second kappa shape index (κ2) is 10.7. The summed E-state index contributed by atoms with van der Waals surface area (Å²) in [6.45, 7) is 2.30. The molecule has 2 rings (SSSR count). The Kier molecular flexibility index (Phi) is 7.98. The molecule has 0 aliphatic rings. The largest absolute Gasteiger partial charge is 0.383 e. The van der Waals surface area contributed by atoms with Gasteiger partial charge in [0.15, 0.2) is 0 Å². The van der Waals surface area contributed by atoms with E-state index in [2.05, 4.69) is 21.3 Å². The number of rotatable bonds is 9. The first-order valence-corrected chi connectivity index (χ1v) is 8.76. The number of methoxy groups -OCH3 is 1. The summed E-state index contributed by atoms with van der Waals surface area (Å²) in [5, 5.41) is 11.1. The van der Waals surface area contributed by atoms with Gasteiger partial charge < -0.3 is 26.0 Å². The molecule has 0 heterocycles. The minimum atomic E-state index is -0.262. The van der Waals surface area contributed by atoms with Crippen molar-refractivity contribution < 1.29 is 19.1 Å². The van der Waals surface area contributed by atoms with Gasteiger partial charge in [0.25, 0.3) is 5.91 Å². The summed E-state index contributed by atoms with van der Waals surface area (Å²) in [7, 11) is 1.56. The van der Waals surface area contributed by atoms with E-state index in [-0.39, 0.29) is 24.3 Å². The van der Waals surface area contributed by atoms with Crippen molar-refractivity contribution in [3.8, 4) is 0 Å². The maximum atomic E-state index is 12.2. The van der Waals surface area contributed by atoms with Gasteiger partial charge in [-0.2, -0.15) is 0 Å². The van der Waals surface area contributed by atoms with Gasteiger partial charge in [-0.1, -0.05) is 12.1 Å². The summed E-state index contributed by atoms with van der Waals surface area (Å²) in [4.78, 5) is 35.3. The lowest BCUT2D eigenvalue weighted by Crippen LogP contribution is -2.27. The molecule has 148 valence electrons. The third kappa shape index (κ3) is 7.08. The minimum Gasteiger partial charge on any atom is -0.383 e. The van der Waals surface area contributed by atoms with Crippen LogP contribution < -0.4 is 21.3 Å². The van der Waals surface area contributed by atoms with Crippen LogP contribution in [-0.2, 0) is 14.3 Å². The molecule has 0 bridgehead atoms. The number of ether oxygens (including phenoxy) is 1. The molecule has 0 radical (unpaired) electrons. The normalized spacial score (nSPS) is 10.1. The number of hydrogen-bond acceptors (Lipinski definition) is 5. The first-order valence-electron chi connectivity index (χ1n) is 8.76. The average Bonchev–Trinajstić information content (AvgIpc) is 2.66. The molecule has 8 nitrogen and oxygen atoms in total. The van der Waals surface area contributed by atoms with Crippen LogP contribution in [0.25, 0.3) is 0 Å². The van der Waals surface area contributed by atoms with Crippen LogP contribution in [-0.4, -0.2) is 44.5 Å². The lowest BCUT2D eigenvalue weighted by Gasteiger charge is -2.10. The van der Waals surface area contributed by atoms with Crippen LogP contribution in [0.5, 0.6) is 0 Å².